The van der Waals surface area contributed by atoms with E-state index in [2.05, 4.69) is 20.3 Å². The summed E-state index contributed by atoms with van der Waals surface area (Å²) in [5.41, 5.74) is 1.70. The fourth-order valence-corrected chi connectivity index (χ4v) is 3.06. The molecule has 0 radical (unpaired) electrons. The Labute approximate surface area is 158 Å². The van der Waals surface area contributed by atoms with Crippen LogP contribution in [0.3, 0.4) is 0 Å². The van der Waals surface area contributed by atoms with Crippen molar-refractivity contribution in [2.24, 2.45) is 0 Å². The van der Waals surface area contributed by atoms with Gasteiger partial charge < -0.3 is 15.0 Å². The summed E-state index contributed by atoms with van der Waals surface area (Å²) in [5.74, 6) is -0.315. The number of aromatic nitrogens is 3. The number of methoxy groups -OCH3 is 1. The van der Waals surface area contributed by atoms with Crippen molar-refractivity contribution >= 4 is 34.0 Å². The van der Waals surface area contributed by atoms with Crippen molar-refractivity contribution in [2.75, 3.05) is 12.4 Å². The molecule has 27 heavy (non-hydrogen) atoms. The van der Waals surface area contributed by atoms with Crippen LogP contribution < -0.4 is 15.6 Å². The predicted octanol–water partition coefficient (Wildman–Crippen LogP) is 4.46. The summed E-state index contributed by atoms with van der Waals surface area (Å²) in [6.45, 7) is 0. The normalized spacial score (nSPS) is 10.9. The van der Waals surface area contributed by atoms with E-state index < -0.39 is 11.4 Å². The van der Waals surface area contributed by atoms with Gasteiger partial charge in [0.05, 0.1) is 18.4 Å². The van der Waals surface area contributed by atoms with Crippen LogP contribution in [0.5, 0.6) is 5.88 Å². The van der Waals surface area contributed by atoms with Crippen molar-refractivity contribution in [2.45, 2.75) is 0 Å². The molecule has 0 aliphatic rings. The molecule has 1 aromatic carbocycles. The Morgan fingerprint density at radius 1 is 1.15 bits per heavy atom. The van der Waals surface area contributed by atoms with E-state index >= 15 is 0 Å². The molecule has 0 bridgehead atoms. The highest BCUT2D eigenvalue weighted by Gasteiger charge is 2.15. The van der Waals surface area contributed by atoms with E-state index in [-0.39, 0.29) is 17.0 Å². The Morgan fingerprint density at radius 2 is 2.00 bits per heavy atom. The van der Waals surface area contributed by atoms with Gasteiger partial charge in [-0.25, -0.2) is 9.37 Å². The van der Waals surface area contributed by atoms with Gasteiger partial charge >= 0.3 is 0 Å². The SMILES string of the molecule is COc1[nH]c(=O)c(-c2cc(Cl)ccc2F)cc1Nc1ccnc2[nH]ccc12. The zero-order chi connectivity index (χ0) is 19.0. The number of hydrogen-bond donors (Lipinski definition) is 3. The summed E-state index contributed by atoms with van der Waals surface area (Å²) in [6.07, 6.45) is 3.43. The summed E-state index contributed by atoms with van der Waals surface area (Å²) < 4.78 is 19.5. The van der Waals surface area contributed by atoms with Crippen molar-refractivity contribution in [3.8, 4) is 17.0 Å². The molecular formula is C19H14ClFN4O2. The van der Waals surface area contributed by atoms with Crippen LogP contribution in [0.25, 0.3) is 22.2 Å². The number of nitrogens with zero attached hydrogens (tertiary/aromatic N) is 1. The van der Waals surface area contributed by atoms with Gasteiger partial charge in [0.1, 0.15) is 17.2 Å². The number of benzene rings is 1. The molecule has 0 fully saturated rings. The smallest absolute Gasteiger partial charge is 0.258 e. The topological polar surface area (TPSA) is 82.8 Å². The summed E-state index contributed by atoms with van der Waals surface area (Å²) in [7, 11) is 1.44. The minimum Gasteiger partial charge on any atom is -0.481 e. The molecule has 0 unspecified atom stereocenters. The van der Waals surface area contributed by atoms with E-state index in [0.29, 0.717) is 16.4 Å². The van der Waals surface area contributed by atoms with Gasteiger partial charge in [-0.2, -0.15) is 0 Å². The van der Waals surface area contributed by atoms with E-state index in [4.69, 9.17) is 16.3 Å². The standard InChI is InChI=1S/C19H14ClFN4O2/c1-27-19-16(24-15-5-7-23-17-11(15)4-6-22-17)9-13(18(26)25-19)12-8-10(20)2-3-14(12)21/h2-9H,1H3,(H,25,26)(H2,22,23,24). The highest BCUT2D eigenvalue weighted by Crippen LogP contribution is 2.32. The van der Waals surface area contributed by atoms with Gasteiger partial charge in [-0.05, 0) is 36.4 Å². The van der Waals surface area contributed by atoms with Crippen LogP contribution in [0.15, 0.2) is 53.6 Å². The number of aromatic amines is 2. The van der Waals surface area contributed by atoms with Gasteiger partial charge in [0.2, 0.25) is 5.88 Å². The van der Waals surface area contributed by atoms with E-state index in [1.165, 1.54) is 31.4 Å². The second-order valence-corrected chi connectivity index (χ2v) is 6.24. The highest BCUT2D eigenvalue weighted by molar-refractivity contribution is 6.30. The maximum Gasteiger partial charge on any atom is 0.258 e. The number of ether oxygens (including phenoxy) is 1. The minimum atomic E-state index is -0.544. The van der Waals surface area contributed by atoms with Gasteiger partial charge in [0, 0.05) is 28.4 Å². The van der Waals surface area contributed by atoms with Crippen molar-refractivity contribution in [3.63, 3.8) is 0 Å². The maximum absolute atomic E-state index is 14.3. The van der Waals surface area contributed by atoms with Crippen molar-refractivity contribution < 1.29 is 9.13 Å². The van der Waals surface area contributed by atoms with Crippen LogP contribution in [-0.4, -0.2) is 22.1 Å². The number of hydrogen-bond acceptors (Lipinski definition) is 4. The first-order valence-electron chi connectivity index (χ1n) is 8.02. The molecule has 0 aliphatic carbocycles. The lowest BCUT2D eigenvalue weighted by atomic mass is 10.1. The van der Waals surface area contributed by atoms with Crippen molar-refractivity contribution in [3.05, 3.63) is 70.0 Å². The molecule has 3 heterocycles. The molecule has 4 rings (SSSR count). The lowest BCUT2D eigenvalue weighted by Crippen LogP contribution is -2.12. The lowest BCUT2D eigenvalue weighted by Gasteiger charge is -2.13. The Bertz CT molecular complexity index is 1200. The van der Waals surface area contributed by atoms with Gasteiger partial charge in [0.25, 0.3) is 5.56 Å². The summed E-state index contributed by atoms with van der Waals surface area (Å²) >= 11 is 5.97. The first kappa shape index (κ1) is 17.1. The van der Waals surface area contributed by atoms with Crippen LogP contribution >= 0.6 is 11.6 Å². The van der Waals surface area contributed by atoms with Gasteiger partial charge in [-0.15, -0.1) is 0 Å². The molecule has 0 aliphatic heterocycles. The Morgan fingerprint density at radius 3 is 2.81 bits per heavy atom. The minimum absolute atomic E-state index is 0.107. The van der Waals surface area contributed by atoms with Crippen molar-refractivity contribution in [1.82, 2.24) is 15.0 Å². The Balaban J connectivity index is 1.86. The number of pyridine rings is 2. The maximum atomic E-state index is 14.3. The first-order chi connectivity index (χ1) is 13.1. The second kappa shape index (κ2) is 6.77. The summed E-state index contributed by atoms with van der Waals surface area (Å²) in [6, 6.07) is 9.26. The first-order valence-corrected chi connectivity index (χ1v) is 8.40. The van der Waals surface area contributed by atoms with Gasteiger partial charge in [0.15, 0.2) is 0 Å². The van der Waals surface area contributed by atoms with Crippen LogP contribution in [-0.2, 0) is 0 Å². The lowest BCUT2D eigenvalue weighted by molar-refractivity contribution is 0.399. The number of halogens is 2. The van der Waals surface area contributed by atoms with E-state index in [1.54, 1.807) is 18.5 Å². The van der Waals surface area contributed by atoms with E-state index in [0.717, 1.165) is 11.1 Å². The average Bonchev–Trinajstić information content (AvgIpc) is 3.15. The molecule has 8 heteroatoms. The quantitative estimate of drug-likeness (QED) is 0.485. The summed E-state index contributed by atoms with van der Waals surface area (Å²) in [5, 5.41) is 4.41. The van der Waals surface area contributed by atoms with E-state index in [9.17, 15) is 9.18 Å². The molecule has 0 spiro atoms. The van der Waals surface area contributed by atoms with Gasteiger partial charge in [-0.3, -0.25) is 9.78 Å². The molecule has 3 N–H and O–H groups in total. The molecule has 136 valence electrons. The fraction of sp³-hybridized carbons (Fsp3) is 0.0526. The number of fused-ring (bicyclic) bond motifs is 1. The molecule has 6 nitrogen and oxygen atoms in total. The monoisotopic (exact) mass is 384 g/mol. The summed E-state index contributed by atoms with van der Waals surface area (Å²) in [4.78, 5) is 22.3. The van der Waals surface area contributed by atoms with Crippen molar-refractivity contribution in [1.29, 1.82) is 0 Å². The zero-order valence-corrected chi connectivity index (χ0v) is 14.9. The zero-order valence-electron chi connectivity index (χ0n) is 14.1. The fourth-order valence-electron chi connectivity index (χ4n) is 2.89. The Kier molecular flexibility index (Phi) is 4.29. The average molecular weight is 385 g/mol. The third-order valence-electron chi connectivity index (χ3n) is 4.16. The number of rotatable bonds is 4. The van der Waals surface area contributed by atoms with E-state index in [1.807, 2.05) is 6.07 Å². The van der Waals surface area contributed by atoms with Crippen LogP contribution in [0.1, 0.15) is 0 Å². The van der Waals surface area contributed by atoms with Crippen LogP contribution in [0.2, 0.25) is 5.02 Å². The number of H-pyrrole nitrogens is 2. The third-order valence-corrected chi connectivity index (χ3v) is 4.39. The van der Waals surface area contributed by atoms with Gasteiger partial charge in [-0.1, -0.05) is 11.6 Å². The molecule has 0 amide bonds. The molecule has 0 saturated heterocycles. The molecular weight excluding hydrogens is 371 g/mol. The number of anilines is 2. The molecule has 4 aromatic rings. The number of nitrogens with one attached hydrogen (secondary N) is 3. The second-order valence-electron chi connectivity index (χ2n) is 5.81. The third kappa shape index (κ3) is 3.13. The highest BCUT2D eigenvalue weighted by atomic mass is 35.5. The molecule has 0 saturated carbocycles. The molecule has 0 atom stereocenters. The largest absolute Gasteiger partial charge is 0.481 e. The Hall–Kier alpha value is -3.32. The molecule has 3 aromatic heterocycles. The van der Waals surface area contributed by atoms with Crippen LogP contribution in [0.4, 0.5) is 15.8 Å². The van der Waals surface area contributed by atoms with Crippen LogP contribution in [0, 0.1) is 5.82 Å². The predicted molar refractivity (Wildman–Crippen MR) is 103 cm³/mol.